The van der Waals surface area contributed by atoms with Gasteiger partial charge in [0.15, 0.2) is 9.84 Å². The van der Waals surface area contributed by atoms with Crippen LogP contribution in [0.2, 0.25) is 0 Å². The van der Waals surface area contributed by atoms with Crippen LogP contribution in [-0.2, 0) is 9.84 Å². The SMILES string of the molecule is CC1(C)CS(=O)(=O)CC(C)(C)C(=N\N)/C1=N/N. The van der Waals surface area contributed by atoms with Crippen LogP contribution in [0.3, 0.4) is 0 Å². The topological polar surface area (TPSA) is 111 Å². The van der Waals surface area contributed by atoms with Gasteiger partial charge in [-0.1, -0.05) is 27.7 Å². The molecule has 1 aliphatic heterocycles. The first kappa shape index (κ1) is 14.0. The Morgan fingerprint density at radius 3 is 1.47 bits per heavy atom. The number of hydrogen-bond donors (Lipinski definition) is 2. The number of hydrazone groups is 2. The molecule has 4 N–H and O–H groups in total. The van der Waals surface area contributed by atoms with Crippen molar-refractivity contribution >= 4 is 21.3 Å². The van der Waals surface area contributed by atoms with E-state index in [-0.39, 0.29) is 11.5 Å². The van der Waals surface area contributed by atoms with Crippen molar-refractivity contribution in [3.05, 3.63) is 0 Å². The Morgan fingerprint density at radius 1 is 0.941 bits per heavy atom. The molecule has 0 bridgehead atoms. The number of rotatable bonds is 0. The zero-order valence-electron chi connectivity index (χ0n) is 10.7. The Morgan fingerprint density at radius 2 is 1.24 bits per heavy atom. The van der Waals surface area contributed by atoms with Crippen molar-refractivity contribution in [1.82, 2.24) is 0 Å². The highest BCUT2D eigenvalue weighted by atomic mass is 32.2. The minimum absolute atomic E-state index is 0.00150. The lowest BCUT2D eigenvalue weighted by Crippen LogP contribution is -2.40. The Kier molecular flexibility index (Phi) is 3.26. The molecule has 0 spiro atoms. The Bertz CT molecular complexity index is 437. The molecule has 1 rings (SSSR count). The van der Waals surface area contributed by atoms with Crippen LogP contribution in [0.1, 0.15) is 27.7 Å². The van der Waals surface area contributed by atoms with Gasteiger partial charge in [0.05, 0.1) is 22.9 Å². The van der Waals surface area contributed by atoms with E-state index in [9.17, 15) is 8.42 Å². The van der Waals surface area contributed by atoms with Crippen LogP contribution in [0.5, 0.6) is 0 Å². The van der Waals surface area contributed by atoms with Crippen molar-refractivity contribution < 1.29 is 8.42 Å². The first-order chi connectivity index (χ1) is 7.56. The molecule has 1 fully saturated rings. The molecule has 98 valence electrons. The number of hydrogen-bond acceptors (Lipinski definition) is 6. The molecule has 0 unspecified atom stereocenters. The van der Waals surface area contributed by atoms with Crippen LogP contribution in [0.25, 0.3) is 0 Å². The summed E-state index contributed by atoms with van der Waals surface area (Å²) in [6, 6.07) is 0. The van der Waals surface area contributed by atoms with Crippen molar-refractivity contribution in [3.63, 3.8) is 0 Å². The van der Waals surface area contributed by atoms with Gasteiger partial charge in [0, 0.05) is 10.8 Å². The van der Waals surface area contributed by atoms with E-state index in [2.05, 4.69) is 10.2 Å². The summed E-state index contributed by atoms with van der Waals surface area (Å²) in [5, 5.41) is 7.43. The van der Waals surface area contributed by atoms with E-state index >= 15 is 0 Å². The first-order valence-corrected chi connectivity index (χ1v) is 7.15. The maximum Gasteiger partial charge on any atom is 0.152 e. The summed E-state index contributed by atoms with van der Waals surface area (Å²) in [7, 11) is -3.19. The lowest BCUT2D eigenvalue weighted by molar-refractivity contribution is 0.539. The van der Waals surface area contributed by atoms with Gasteiger partial charge in [0.25, 0.3) is 0 Å². The summed E-state index contributed by atoms with van der Waals surface area (Å²) < 4.78 is 24.1. The molecule has 0 saturated carbocycles. The fourth-order valence-corrected chi connectivity index (χ4v) is 4.97. The summed E-state index contributed by atoms with van der Waals surface area (Å²) in [5.74, 6) is 10.8. The summed E-state index contributed by atoms with van der Waals surface area (Å²) in [6.07, 6.45) is 0. The molecule has 17 heavy (non-hydrogen) atoms. The van der Waals surface area contributed by atoms with Gasteiger partial charge in [0.1, 0.15) is 0 Å². The summed E-state index contributed by atoms with van der Waals surface area (Å²) in [5.41, 5.74) is -0.434. The maximum atomic E-state index is 12.0. The summed E-state index contributed by atoms with van der Waals surface area (Å²) >= 11 is 0. The molecule has 1 aliphatic rings. The third-order valence-corrected chi connectivity index (χ3v) is 5.25. The van der Waals surface area contributed by atoms with Crippen molar-refractivity contribution in [1.29, 1.82) is 0 Å². The molecule has 0 radical (unpaired) electrons. The molecule has 1 heterocycles. The predicted molar refractivity (Wildman–Crippen MR) is 69.5 cm³/mol. The number of sulfone groups is 1. The van der Waals surface area contributed by atoms with Gasteiger partial charge in [0.2, 0.25) is 0 Å². The van der Waals surface area contributed by atoms with Gasteiger partial charge in [-0.15, -0.1) is 0 Å². The molecule has 0 aliphatic carbocycles. The third-order valence-electron chi connectivity index (χ3n) is 2.93. The van der Waals surface area contributed by atoms with Crippen LogP contribution in [0.15, 0.2) is 10.2 Å². The zero-order chi connectivity index (χ0) is 13.5. The normalized spacial score (nSPS) is 31.3. The minimum Gasteiger partial charge on any atom is -0.323 e. The lowest BCUT2D eigenvalue weighted by Gasteiger charge is -2.27. The first-order valence-electron chi connectivity index (χ1n) is 5.33. The van der Waals surface area contributed by atoms with Crippen LogP contribution in [0.4, 0.5) is 0 Å². The van der Waals surface area contributed by atoms with Gasteiger partial charge in [-0.3, -0.25) is 0 Å². The Hall–Kier alpha value is -1.11. The molecule has 0 aromatic carbocycles. The number of nitrogens with zero attached hydrogens (tertiary/aromatic N) is 2. The molecule has 0 aromatic rings. The van der Waals surface area contributed by atoms with Crippen molar-refractivity contribution in [2.45, 2.75) is 27.7 Å². The molecule has 6 nitrogen and oxygen atoms in total. The van der Waals surface area contributed by atoms with Gasteiger partial charge in [-0.2, -0.15) is 10.2 Å². The van der Waals surface area contributed by atoms with Crippen LogP contribution < -0.4 is 11.7 Å². The Balaban J connectivity index is 3.52. The molecule has 0 atom stereocenters. The smallest absolute Gasteiger partial charge is 0.152 e. The van der Waals surface area contributed by atoms with E-state index in [1.807, 2.05) is 0 Å². The van der Waals surface area contributed by atoms with Crippen LogP contribution in [-0.4, -0.2) is 31.3 Å². The van der Waals surface area contributed by atoms with Crippen molar-refractivity contribution in [3.8, 4) is 0 Å². The third kappa shape index (κ3) is 2.59. The molecule has 0 amide bonds. The summed E-state index contributed by atoms with van der Waals surface area (Å²) in [6.45, 7) is 7.12. The largest absolute Gasteiger partial charge is 0.323 e. The fraction of sp³-hybridized carbons (Fsp3) is 0.800. The predicted octanol–water partition coefficient (Wildman–Crippen LogP) is 0.0966. The highest BCUT2D eigenvalue weighted by Crippen LogP contribution is 2.34. The quantitative estimate of drug-likeness (QED) is 0.475. The van der Waals surface area contributed by atoms with Crippen molar-refractivity contribution in [2.24, 2.45) is 32.7 Å². The van der Waals surface area contributed by atoms with Gasteiger partial charge < -0.3 is 11.7 Å². The van der Waals surface area contributed by atoms with E-state index in [0.717, 1.165) is 0 Å². The second kappa shape index (κ2) is 3.97. The second-order valence-corrected chi connectivity index (χ2v) is 7.82. The van der Waals surface area contributed by atoms with Crippen molar-refractivity contribution in [2.75, 3.05) is 11.5 Å². The van der Waals surface area contributed by atoms with E-state index in [4.69, 9.17) is 11.7 Å². The minimum atomic E-state index is -3.19. The fourth-order valence-electron chi connectivity index (χ4n) is 2.40. The monoisotopic (exact) mass is 260 g/mol. The molecule has 0 aromatic heterocycles. The molecule has 7 heteroatoms. The van der Waals surface area contributed by atoms with Gasteiger partial charge >= 0.3 is 0 Å². The van der Waals surface area contributed by atoms with E-state index in [1.165, 1.54) is 0 Å². The highest BCUT2D eigenvalue weighted by molar-refractivity contribution is 7.91. The lowest BCUT2D eigenvalue weighted by atomic mass is 9.77. The van der Waals surface area contributed by atoms with E-state index in [1.54, 1.807) is 27.7 Å². The molecular weight excluding hydrogens is 240 g/mol. The maximum absolute atomic E-state index is 12.0. The van der Waals surface area contributed by atoms with E-state index in [0.29, 0.717) is 11.4 Å². The standard InChI is InChI=1S/C10H20N4O2S/c1-9(2)5-17(15,16)6-10(3,4)8(14-12)7(9)13-11/h5-6,11-12H2,1-4H3/b13-7-,14-8-. The Labute approximate surface area is 102 Å². The van der Waals surface area contributed by atoms with Crippen LogP contribution >= 0.6 is 0 Å². The average molecular weight is 260 g/mol. The summed E-state index contributed by atoms with van der Waals surface area (Å²) in [4.78, 5) is 0. The average Bonchev–Trinajstić information content (AvgIpc) is 2.12. The van der Waals surface area contributed by atoms with E-state index < -0.39 is 20.7 Å². The molecular formula is C10H20N4O2S. The second-order valence-electron chi connectivity index (χ2n) is 5.76. The molecule has 1 saturated heterocycles. The van der Waals surface area contributed by atoms with Gasteiger partial charge in [-0.25, -0.2) is 8.42 Å². The highest BCUT2D eigenvalue weighted by Gasteiger charge is 2.46. The van der Waals surface area contributed by atoms with Gasteiger partial charge in [-0.05, 0) is 0 Å². The zero-order valence-corrected chi connectivity index (χ0v) is 11.5. The number of nitrogens with two attached hydrogens (primary N) is 2. The van der Waals surface area contributed by atoms with Crippen LogP contribution in [0, 0.1) is 10.8 Å².